The summed E-state index contributed by atoms with van der Waals surface area (Å²) >= 11 is 0. The minimum atomic E-state index is -0.521. The third-order valence-electron chi connectivity index (χ3n) is 3.07. The Bertz CT molecular complexity index is 223. The zero-order chi connectivity index (χ0) is 11.5. The van der Waals surface area contributed by atoms with Gasteiger partial charge in [0.15, 0.2) is 0 Å². The molecule has 0 aromatic heterocycles. The molecule has 1 saturated heterocycles. The summed E-state index contributed by atoms with van der Waals surface area (Å²) in [6.45, 7) is 6.55. The number of rotatable bonds is 4. The number of amides is 1. The molecule has 2 unspecified atom stereocenters. The summed E-state index contributed by atoms with van der Waals surface area (Å²) in [6, 6.07) is 0.0904. The standard InChI is InChI=1S/C11H22N2O2/c1-8(9-6-5-7-15-9)13-10(14)11(2,3)12-4/h8-9,12H,5-7H2,1-4H3,(H,13,14). The van der Waals surface area contributed by atoms with Crippen LogP contribution in [0.4, 0.5) is 0 Å². The van der Waals surface area contributed by atoms with Crippen LogP contribution >= 0.6 is 0 Å². The molecule has 1 heterocycles. The Morgan fingerprint density at radius 1 is 1.53 bits per heavy atom. The third kappa shape index (κ3) is 3.18. The second-order valence-electron chi connectivity index (χ2n) is 4.69. The van der Waals surface area contributed by atoms with Gasteiger partial charge in [0, 0.05) is 6.61 Å². The van der Waals surface area contributed by atoms with Crippen LogP contribution in [-0.4, -0.2) is 37.2 Å². The van der Waals surface area contributed by atoms with Crippen molar-refractivity contribution in [3.8, 4) is 0 Å². The second kappa shape index (κ2) is 4.94. The third-order valence-corrected chi connectivity index (χ3v) is 3.07. The minimum Gasteiger partial charge on any atom is -0.376 e. The van der Waals surface area contributed by atoms with Crippen LogP contribution in [0.3, 0.4) is 0 Å². The summed E-state index contributed by atoms with van der Waals surface area (Å²) in [5, 5.41) is 5.97. The molecule has 0 aromatic rings. The normalized spacial score (nSPS) is 23.9. The van der Waals surface area contributed by atoms with Crippen LogP contribution in [-0.2, 0) is 9.53 Å². The zero-order valence-corrected chi connectivity index (χ0v) is 10.1. The van der Waals surface area contributed by atoms with Crippen LogP contribution < -0.4 is 10.6 Å². The lowest BCUT2D eigenvalue weighted by molar-refractivity contribution is -0.127. The molecule has 2 atom stereocenters. The lowest BCUT2D eigenvalue weighted by Gasteiger charge is -2.27. The summed E-state index contributed by atoms with van der Waals surface area (Å²) < 4.78 is 5.53. The van der Waals surface area contributed by atoms with Gasteiger partial charge in [-0.05, 0) is 40.7 Å². The van der Waals surface area contributed by atoms with E-state index in [4.69, 9.17) is 4.74 Å². The molecule has 15 heavy (non-hydrogen) atoms. The fourth-order valence-corrected chi connectivity index (χ4v) is 1.59. The van der Waals surface area contributed by atoms with Gasteiger partial charge in [-0.3, -0.25) is 4.79 Å². The van der Waals surface area contributed by atoms with Crippen molar-refractivity contribution in [1.29, 1.82) is 0 Å². The molecule has 2 N–H and O–H groups in total. The van der Waals surface area contributed by atoms with Gasteiger partial charge in [0.2, 0.25) is 5.91 Å². The average molecular weight is 214 g/mol. The van der Waals surface area contributed by atoms with Gasteiger partial charge in [-0.2, -0.15) is 0 Å². The molecule has 0 radical (unpaired) electrons. The molecule has 88 valence electrons. The van der Waals surface area contributed by atoms with E-state index in [0.29, 0.717) is 0 Å². The Labute approximate surface area is 91.8 Å². The fourth-order valence-electron chi connectivity index (χ4n) is 1.59. The van der Waals surface area contributed by atoms with Crippen molar-refractivity contribution < 1.29 is 9.53 Å². The number of hydrogen-bond acceptors (Lipinski definition) is 3. The van der Waals surface area contributed by atoms with Gasteiger partial charge < -0.3 is 15.4 Å². The SMILES string of the molecule is CNC(C)(C)C(=O)NC(C)C1CCCO1. The number of carbonyl (C=O) groups excluding carboxylic acids is 1. The monoisotopic (exact) mass is 214 g/mol. The summed E-state index contributed by atoms with van der Waals surface area (Å²) in [5.74, 6) is 0.0213. The van der Waals surface area contributed by atoms with E-state index >= 15 is 0 Å². The van der Waals surface area contributed by atoms with E-state index in [1.165, 1.54) is 0 Å². The lowest BCUT2D eigenvalue weighted by Crippen LogP contribution is -2.55. The Morgan fingerprint density at radius 3 is 2.67 bits per heavy atom. The van der Waals surface area contributed by atoms with Crippen molar-refractivity contribution in [1.82, 2.24) is 10.6 Å². The van der Waals surface area contributed by atoms with Gasteiger partial charge >= 0.3 is 0 Å². The van der Waals surface area contributed by atoms with Crippen molar-refractivity contribution in [3.05, 3.63) is 0 Å². The maximum atomic E-state index is 11.8. The molecule has 0 bridgehead atoms. The molecule has 0 aromatic carbocycles. The maximum absolute atomic E-state index is 11.8. The number of hydrogen-bond donors (Lipinski definition) is 2. The van der Waals surface area contributed by atoms with E-state index in [-0.39, 0.29) is 18.1 Å². The van der Waals surface area contributed by atoms with E-state index < -0.39 is 5.54 Å². The first kappa shape index (κ1) is 12.5. The Kier molecular flexibility index (Phi) is 4.11. The highest BCUT2D eigenvalue weighted by molar-refractivity contribution is 5.85. The van der Waals surface area contributed by atoms with E-state index in [1.54, 1.807) is 7.05 Å². The number of carbonyl (C=O) groups is 1. The highest BCUT2D eigenvalue weighted by atomic mass is 16.5. The number of ether oxygens (including phenoxy) is 1. The molecular formula is C11H22N2O2. The molecule has 0 aliphatic carbocycles. The Hall–Kier alpha value is -0.610. The van der Waals surface area contributed by atoms with Crippen molar-refractivity contribution in [2.75, 3.05) is 13.7 Å². The average Bonchev–Trinajstić information content (AvgIpc) is 2.70. The fraction of sp³-hybridized carbons (Fsp3) is 0.909. The van der Waals surface area contributed by atoms with Crippen molar-refractivity contribution in [3.63, 3.8) is 0 Å². The summed E-state index contributed by atoms with van der Waals surface area (Å²) in [5.41, 5.74) is -0.521. The van der Waals surface area contributed by atoms with Gasteiger partial charge in [-0.15, -0.1) is 0 Å². The second-order valence-corrected chi connectivity index (χ2v) is 4.69. The van der Waals surface area contributed by atoms with E-state index in [1.807, 2.05) is 20.8 Å². The topological polar surface area (TPSA) is 50.4 Å². The van der Waals surface area contributed by atoms with E-state index in [9.17, 15) is 4.79 Å². The molecule has 4 heteroatoms. The first-order chi connectivity index (χ1) is 6.97. The molecule has 1 fully saturated rings. The predicted octanol–water partition coefficient (Wildman–Crippen LogP) is 0.668. The summed E-state index contributed by atoms with van der Waals surface area (Å²) in [4.78, 5) is 11.8. The minimum absolute atomic E-state index is 0.0213. The van der Waals surface area contributed by atoms with Crippen LogP contribution in [0.2, 0.25) is 0 Å². The lowest BCUT2D eigenvalue weighted by atomic mass is 10.0. The van der Waals surface area contributed by atoms with Crippen molar-refractivity contribution in [2.24, 2.45) is 0 Å². The highest BCUT2D eigenvalue weighted by Crippen LogP contribution is 2.16. The zero-order valence-electron chi connectivity index (χ0n) is 10.1. The first-order valence-corrected chi connectivity index (χ1v) is 5.59. The van der Waals surface area contributed by atoms with Crippen LogP contribution in [0.5, 0.6) is 0 Å². The number of nitrogens with one attached hydrogen (secondary N) is 2. The summed E-state index contributed by atoms with van der Waals surface area (Å²) in [6.07, 6.45) is 2.32. The van der Waals surface area contributed by atoms with E-state index in [0.717, 1.165) is 19.4 Å². The Morgan fingerprint density at radius 2 is 2.20 bits per heavy atom. The van der Waals surface area contributed by atoms with Gasteiger partial charge in [-0.1, -0.05) is 0 Å². The summed E-state index contributed by atoms with van der Waals surface area (Å²) in [7, 11) is 1.79. The van der Waals surface area contributed by atoms with E-state index in [2.05, 4.69) is 10.6 Å². The molecule has 1 aliphatic rings. The molecule has 4 nitrogen and oxygen atoms in total. The first-order valence-electron chi connectivity index (χ1n) is 5.59. The van der Waals surface area contributed by atoms with Crippen LogP contribution in [0.25, 0.3) is 0 Å². The molecule has 1 aliphatic heterocycles. The van der Waals surface area contributed by atoms with Crippen LogP contribution in [0.15, 0.2) is 0 Å². The maximum Gasteiger partial charge on any atom is 0.240 e. The highest BCUT2D eigenvalue weighted by Gasteiger charge is 2.29. The smallest absolute Gasteiger partial charge is 0.240 e. The van der Waals surface area contributed by atoms with Crippen LogP contribution in [0, 0.1) is 0 Å². The largest absolute Gasteiger partial charge is 0.376 e. The van der Waals surface area contributed by atoms with Gasteiger partial charge in [0.1, 0.15) is 0 Å². The predicted molar refractivity (Wildman–Crippen MR) is 59.7 cm³/mol. The van der Waals surface area contributed by atoms with Crippen molar-refractivity contribution in [2.45, 2.75) is 51.3 Å². The van der Waals surface area contributed by atoms with Gasteiger partial charge in [0.25, 0.3) is 0 Å². The molecule has 0 saturated carbocycles. The Balaban J connectivity index is 2.43. The molecule has 1 amide bonds. The molecule has 1 rings (SSSR count). The molecular weight excluding hydrogens is 192 g/mol. The number of likely N-dealkylation sites (N-methyl/N-ethyl adjacent to an activating group) is 1. The van der Waals surface area contributed by atoms with Crippen molar-refractivity contribution >= 4 is 5.91 Å². The van der Waals surface area contributed by atoms with Gasteiger partial charge in [-0.25, -0.2) is 0 Å². The molecule has 0 spiro atoms. The quantitative estimate of drug-likeness (QED) is 0.723. The van der Waals surface area contributed by atoms with Gasteiger partial charge in [0.05, 0.1) is 17.7 Å². The van der Waals surface area contributed by atoms with Crippen LogP contribution in [0.1, 0.15) is 33.6 Å².